The summed E-state index contributed by atoms with van der Waals surface area (Å²) in [6, 6.07) is 13.2. The van der Waals surface area contributed by atoms with Crippen molar-refractivity contribution >= 4 is 33.6 Å². The third-order valence-corrected chi connectivity index (χ3v) is 4.51. The van der Waals surface area contributed by atoms with Gasteiger partial charge in [0.25, 0.3) is 0 Å². The Balaban J connectivity index is 2.28. The molecule has 0 saturated heterocycles. The zero-order valence-corrected chi connectivity index (χ0v) is 11.8. The van der Waals surface area contributed by atoms with Gasteiger partial charge < -0.3 is 5.73 Å². The number of hydrogen-bond donors (Lipinski definition) is 1. The first kappa shape index (κ1) is 13.1. The molecule has 1 aromatic heterocycles. The van der Waals surface area contributed by atoms with E-state index >= 15 is 0 Å². The first-order valence-electron chi connectivity index (χ1n) is 5.30. The van der Waals surface area contributed by atoms with Gasteiger partial charge in [-0.25, -0.2) is 4.98 Å². The number of carbonyl (C=O) groups is 1. The SMILES string of the molecule is NC(=O)C(Sc1ncccc1Br)c1ccccc1. The van der Waals surface area contributed by atoms with Gasteiger partial charge in [0.15, 0.2) is 0 Å². The summed E-state index contributed by atoms with van der Waals surface area (Å²) in [5.41, 5.74) is 6.35. The Morgan fingerprint density at radius 3 is 2.56 bits per heavy atom. The molecule has 2 aromatic rings. The fourth-order valence-corrected chi connectivity index (χ4v) is 2.96. The molecule has 1 aromatic carbocycles. The molecule has 0 radical (unpaired) electrons. The zero-order valence-electron chi connectivity index (χ0n) is 9.42. The van der Waals surface area contributed by atoms with Gasteiger partial charge in [-0.2, -0.15) is 0 Å². The molecule has 92 valence electrons. The van der Waals surface area contributed by atoms with Crippen LogP contribution in [0.4, 0.5) is 0 Å². The van der Waals surface area contributed by atoms with Gasteiger partial charge in [0.05, 0.1) is 0 Å². The van der Waals surface area contributed by atoms with Crippen molar-refractivity contribution in [3.05, 3.63) is 58.7 Å². The molecule has 3 nitrogen and oxygen atoms in total. The van der Waals surface area contributed by atoms with Crippen molar-refractivity contribution < 1.29 is 4.79 Å². The molecule has 1 amide bonds. The normalized spacial score (nSPS) is 12.1. The van der Waals surface area contributed by atoms with Gasteiger partial charge in [0.2, 0.25) is 5.91 Å². The number of benzene rings is 1. The molecule has 1 heterocycles. The van der Waals surface area contributed by atoms with Gasteiger partial charge in [-0.15, -0.1) is 0 Å². The van der Waals surface area contributed by atoms with E-state index in [2.05, 4.69) is 20.9 Å². The summed E-state index contributed by atoms with van der Waals surface area (Å²) >= 11 is 4.75. The first-order chi connectivity index (χ1) is 8.68. The summed E-state index contributed by atoms with van der Waals surface area (Å²) in [6.07, 6.45) is 1.69. The maximum atomic E-state index is 11.6. The van der Waals surface area contributed by atoms with Crippen LogP contribution >= 0.6 is 27.7 Å². The minimum atomic E-state index is -0.433. The molecule has 5 heteroatoms. The quantitative estimate of drug-likeness (QED) is 0.879. The molecular weight excluding hydrogens is 312 g/mol. The van der Waals surface area contributed by atoms with Crippen molar-refractivity contribution in [1.82, 2.24) is 4.98 Å². The number of nitrogens with zero attached hydrogens (tertiary/aromatic N) is 1. The fraction of sp³-hybridized carbons (Fsp3) is 0.0769. The number of thioether (sulfide) groups is 1. The first-order valence-corrected chi connectivity index (χ1v) is 6.97. The molecule has 2 N–H and O–H groups in total. The highest BCUT2D eigenvalue weighted by Crippen LogP contribution is 2.37. The van der Waals surface area contributed by atoms with Crippen LogP contribution in [0.25, 0.3) is 0 Å². The van der Waals surface area contributed by atoms with Gasteiger partial charge >= 0.3 is 0 Å². The van der Waals surface area contributed by atoms with Gasteiger partial charge in [-0.05, 0) is 33.6 Å². The lowest BCUT2D eigenvalue weighted by Gasteiger charge is -2.13. The van der Waals surface area contributed by atoms with Crippen LogP contribution in [0.1, 0.15) is 10.8 Å². The second-order valence-electron chi connectivity index (χ2n) is 3.60. The van der Waals surface area contributed by atoms with Crippen molar-refractivity contribution in [2.45, 2.75) is 10.3 Å². The Labute approximate surface area is 118 Å². The number of pyridine rings is 1. The molecule has 2 rings (SSSR count). The number of hydrogen-bond acceptors (Lipinski definition) is 3. The predicted octanol–water partition coefficient (Wildman–Crippen LogP) is 3.16. The van der Waals surface area contributed by atoms with Crippen LogP contribution in [0.15, 0.2) is 58.2 Å². The van der Waals surface area contributed by atoms with E-state index in [1.807, 2.05) is 42.5 Å². The van der Waals surface area contributed by atoms with E-state index < -0.39 is 5.25 Å². The van der Waals surface area contributed by atoms with Crippen LogP contribution in [0, 0.1) is 0 Å². The number of rotatable bonds is 4. The maximum absolute atomic E-state index is 11.6. The van der Waals surface area contributed by atoms with Crippen LogP contribution in [0.2, 0.25) is 0 Å². The smallest absolute Gasteiger partial charge is 0.235 e. The van der Waals surface area contributed by atoms with Crippen LogP contribution < -0.4 is 5.73 Å². The van der Waals surface area contributed by atoms with E-state index in [0.29, 0.717) is 0 Å². The molecule has 1 unspecified atom stereocenters. The topological polar surface area (TPSA) is 56.0 Å². The Morgan fingerprint density at radius 2 is 1.94 bits per heavy atom. The Kier molecular flexibility index (Phi) is 4.38. The van der Waals surface area contributed by atoms with Gasteiger partial charge in [-0.1, -0.05) is 42.1 Å². The number of carbonyl (C=O) groups excluding carboxylic acids is 1. The molecule has 0 bridgehead atoms. The molecule has 0 fully saturated rings. The summed E-state index contributed by atoms with van der Waals surface area (Å²) < 4.78 is 0.859. The highest BCUT2D eigenvalue weighted by atomic mass is 79.9. The fourth-order valence-electron chi connectivity index (χ4n) is 1.49. The number of halogens is 1. The molecule has 0 spiro atoms. The van der Waals surface area contributed by atoms with E-state index in [4.69, 9.17) is 5.73 Å². The van der Waals surface area contributed by atoms with E-state index in [-0.39, 0.29) is 5.91 Å². The summed E-state index contributed by atoms with van der Waals surface area (Å²) in [5.74, 6) is -0.372. The van der Waals surface area contributed by atoms with E-state index in [0.717, 1.165) is 15.1 Å². The predicted molar refractivity (Wildman–Crippen MR) is 76.2 cm³/mol. The third-order valence-electron chi connectivity index (χ3n) is 2.31. The van der Waals surface area contributed by atoms with Crippen LogP contribution in [0.5, 0.6) is 0 Å². The number of primary amides is 1. The second-order valence-corrected chi connectivity index (χ2v) is 5.55. The number of aromatic nitrogens is 1. The van der Waals surface area contributed by atoms with E-state index in [9.17, 15) is 4.79 Å². The van der Waals surface area contributed by atoms with E-state index in [1.54, 1.807) is 6.20 Å². The van der Waals surface area contributed by atoms with Crippen LogP contribution in [-0.4, -0.2) is 10.9 Å². The summed E-state index contributed by atoms with van der Waals surface area (Å²) in [6.45, 7) is 0. The lowest BCUT2D eigenvalue weighted by atomic mass is 10.1. The standard InChI is InChI=1S/C13H11BrN2OS/c14-10-7-4-8-16-13(10)18-11(12(15)17)9-5-2-1-3-6-9/h1-8,11H,(H2,15,17). The van der Waals surface area contributed by atoms with Crippen LogP contribution in [-0.2, 0) is 4.79 Å². The third kappa shape index (κ3) is 3.11. The monoisotopic (exact) mass is 322 g/mol. The molecule has 0 aliphatic carbocycles. The van der Waals surface area contributed by atoms with Gasteiger partial charge in [0, 0.05) is 10.7 Å². The van der Waals surface area contributed by atoms with Crippen LogP contribution in [0.3, 0.4) is 0 Å². The van der Waals surface area contributed by atoms with Crippen molar-refractivity contribution in [1.29, 1.82) is 0 Å². The number of nitrogens with two attached hydrogens (primary N) is 1. The van der Waals surface area contributed by atoms with Gasteiger partial charge in [0.1, 0.15) is 10.3 Å². The largest absolute Gasteiger partial charge is 0.368 e. The Bertz CT molecular complexity index is 548. The van der Waals surface area contributed by atoms with Crippen molar-refractivity contribution in [3.8, 4) is 0 Å². The summed E-state index contributed by atoms with van der Waals surface area (Å²) in [4.78, 5) is 15.8. The molecule has 0 aliphatic rings. The Morgan fingerprint density at radius 1 is 1.22 bits per heavy atom. The van der Waals surface area contributed by atoms with Crippen molar-refractivity contribution in [2.75, 3.05) is 0 Å². The molecular formula is C13H11BrN2OS. The maximum Gasteiger partial charge on any atom is 0.235 e. The van der Waals surface area contributed by atoms with Crippen molar-refractivity contribution in [2.24, 2.45) is 5.73 Å². The minimum absolute atomic E-state index is 0.372. The zero-order chi connectivity index (χ0) is 13.0. The Hall–Kier alpha value is -1.33. The highest BCUT2D eigenvalue weighted by Gasteiger charge is 2.20. The molecule has 18 heavy (non-hydrogen) atoms. The summed E-state index contributed by atoms with van der Waals surface area (Å²) in [7, 11) is 0. The lowest BCUT2D eigenvalue weighted by molar-refractivity contribution is -0.117. The molecule has 0 saturated carbocycles. The average Bonchev–Trinajstić information content (AvgIpc) is 2.38. The van der Waals surface area contributed by atoms with Gasteiger partial charge in [-0.3, -0.25) is 4.79 Å². The molecule has 0 aliphatic heterocycles. The van der Waals surface area contributed by atoms with Crippen molar-refractivity contribution in [3.63, 3.8) is 0 Å². The summed E-state index contributed by atoms with van der Waals surface area (Å²) in [5, 5.41) is 0.322. The van der Waals surface area contributed by atoms with E-state index in [1.165, 1.54) is 11.8 Å². The lowest BCUT2D eigenvalue weighted by Crippen LogP contribution is -2.19. The molecule has 1 atom stereocenters. The minimum Gasteiger partial charge on any atom is -0.368 e. The second kappa shape index (κ2) is 6.02. The average molecular weight is 323 g/mol. The number of amides is 1. The highest BCUT2D eigenvalue weighted by molar-refractivity contribution is 9.10.